The number of aryl methyl sites for hydroxylation is 1. The molecule has 0 fully saturated rings. The number of rotatable bonds is 9. The lowest BCUT2D eigenvalue weighted by atomic mass is 10.2. The Balaban J connectivity index is 1.57. The molecule has 1 aromatic heterocycles. The van der Waals surface area contributed by atoms with Crippen LogP contribution in [0, 0.1) is 6.92 Å². The lowest BCUT2D eigenvalue weighted by Crippen LogP contribution is -2.38. The zero-order valence-corrected chi connectivity index (χ0v) is 21.2. The number of para-hydroxylation sites is 1. The van der Waals surface area contributed by atoms with Crippen molar-refractivity contribution in [2.24, 2.45) is 0 Å². The van der Waals surface area contributed by atoms with Gasteiger partial charge in [-0.2, -0.15) is 0 Å². The monoisotopic (exact) mass is 488 g/mol. The number of carbonyl (C=O) groups is 1. The number of anilines is 1. The predicted molar refractivity (Wildman–Crippen MR) is 142 cm³/mol. The molecular formula is C27H28N4OS2. The number of nitrogens with zero attached hydrogens (tertiary/aromatic N) is 4. The van der Waals surface area contributed by atoms with E-state index in [0.29, 0.717) is 5.75 Å². The van der Waals surface area contributed by atoms with E-state index in [1.807, 2.05) is 73.3 Å². The van der Waals surface area contributed by atoms with E-state index in [4.69, 9.17) is 0 Å². The number of hydrogen-bond acceptors (Lipinski definition) is 5. The van der Waals surface area contributed by atoms with Crippen molar-refractivity contribution in [3.05, 3.63) is 96.3 Å². The largest absolute Gasteiger partial charge is 0.309 e. The van der Waals surface area contributed by atoms with Crippen LogP contribution in [0.2, 0.25) is 0 Å². The summed E-state index contributed by atoms with van der Waals surface area (Å²) in [7, 11) is 0. The Morgan fingerprint density at radius 2 is 1.62 bits per heavy atom. The molecule has 0 aliphatic carbocycles. The molecule has 4 rings (SSSR count). The Morgan fingerprint density at radius 1 is 0.912 bits per heavy atom. The Hall–Kier alpha value is -3.03. The van der Waals surface area contributed by atoms with Gasteiger partial charge in [-0.15, -0.1) is 22.0 Å². The first-order chi connectivity index (χ1) is 16.5. The Labute approximate surface area is 209 Å². The second-order valence-electron chi connectivity index (χ2n) is 8.16. The Morgan fingerprint density at radius 3 is 2.29 bits per heavy atom. The van der Waals surface area contributed by atoms with Crippen LogP contribution in [-0.2, 0) is 10.5 Å². The van der Waals surface area contributed by atoms with E-state index in [0.717, 1.165) is 27.9 Å². The smallest absolute Gasteiger partial charge is 0.237 e. The van der Waals surface area contributed by atoms with Crippen molar-refractivity contribution in [2.75, 3.05) is 10.7 Å². The third-order valence-corrected chi connectivity index (χ3v) is 7.14. The number of aromatic nitrogens is 3. The highest BCUT2D eigenvalue weighted by Crippen LogP contribution is 2.28. The summed E-state index contributed by atoms with van der Waals surface area (Å²) in [5.74, 6) is 1.87. The molecule has 0 radical (unpaired) electrons. The fourth-order valence-electron chi connectivity index (χ4n) is 3.69. The van der Waals surface area contributed by atoms with E-state index >= 15 is 0 Å². The molecule has 0 spiro atoms. The summed E-state index contributed by atoms with van der Waals surface area (Å²) in [6, 6.07) is 28.4. The van der Waals surface area contributed by atoms with Gasteiger partial charge in [0.25, 0.3) is 0 Å². The van der Waals surface area contributed by atoms with Crippen molar-refractivity contribution in [2.45, 2.75) is 42.6 Å². The van der Waals surface area contributed by atoms with Gasteiger partial charge in [0.2, 0.25) is 5.91 Å². The summed E-state index contributed by atoms with van der Waals surface area (Å²) in [5, 5.41) is 9.70. The third-order valence-electron chi connectivity index (χ3n) is 5.22. The van der Waals surface area contributed by atoms with Gasteiger partial charge in [0.15, 0.2) is 5.16 Å². The Kier molecular flexibility index (Phi) is 8.08. The van der Waals surface area contributed by atoms with Crippen molar-refractivity contribution in [3.8, 4) is 5.69 Å². The zero-order valence-electron chi connectivity index (χ0n) is 19.6. The molecule has 174 valence electrons. The molecule has 1 heterocycles. The fraction of sp³-hybridized carbons (Fsp3) is 0.222. The van der Waals surface area contributed by atoms with Crippen molar-refractivity contribution in [3.63, 3.8) is 0 Å². The first-order valence-electron chi connectivity index (χ1n) is 11.2. The average molecular weight is 489 g/mol. The molecule has 0 aliphatic rings. The summed E-state index contributed by atoms with van der Waals surface area (Å²) in [6.07, 6.45) is 0. The van der Waals surface area contributed by atoms with Gasteiger partial charge in [-0.3, -0.25) is 9.36 Å². The summed E-state index contributed by atoms with van der Waals surface area (Å²) >= 11 is 3.15. The highest BCUT2D eigenvalue weighted by Gasteiger charge is 2.21. The number of benzene rings is 3. The molecule has 0 saturated heterocycles. The molecule has 0 atom stereocenters. The molecule has 0 saturated carbocycles. The maximum Gasteiger partial charge on any atom is 0.237 e. The highest BCUT2D eigenvalue weighted by atomic mass is 32.2. The normalized spacial score (nSPS) is 11.1. The van der Waals surface area contributed by atoms with Gasteiger partial charge >= 0.3 is 0 Å². The van der Waals surface area contributed by atoms with E-state index < -0.39 is 0 Å². The number of hydrogen-bond donors (Lipinski definition) is 0. The van der Waals surface area contributed by atoms with Crippen molar-refractivity contribution >= 4 is 35.1 Å². The molecular weight excluding hydrogens is 460 g/mol. The minimum absolute atomic E-state index is 0.0465. The first kappa shape index (κ1) is 24.1. The maximum absolute atomic E-state index is 13.2. The lowest BCUT2D eigenvalue weighted by Gasteiger charge is -2.26. The van der Waals surface area contributed by atoms with Crippen LogP contribution in [0.1, 0.15) is 25.2 Å². The lowest BCUT2D eigenvalue weighted by molar-refractivity contribution is -0.116. The summed E-state index contributed by atoms with van der Waals surface area (Å²) in [6.45, 7) is 6.14. The van der Waals surface area contributed by atoms with Crippen LogP contribution < -0.4 is 4.90 Å². The van der Waals surface area contributed by atoms with Crippen LogP contribution >= 0.6 is 23.5 Å². The molecule has 0 unspecified atom stereocenters. The fourth-order valence-corrected chi connectivity index (χ4v) is 5.36. The van der Waals surface area contributed by atoms with Crippen LogP contribution in [-0.4, -0.2) is 32.5 Å². The second-order valence-corrected chi connectivity index (χ2v) is 10.1. The molecule has 0 aliphatic heterocycles. The molecule has 5 nitrogen and oxygen atoms in total. The van der Waals surface area contributed by atoms with Gasteiger partial charge in [0.1, 0.15) is 5.82 Å². The zero-order chi connectivity index (χ0) is 23.9. The van der Waals surface area contributed by atoms with E-state index in [1.54, 1.807) is 11.8 Å². The molecule has 34 heavy (non-hydrogen) atoms. The van der Waals surface area contributed by atoms with Gasteiger partial charge in [-0.05, 0) is 62.7 Å². The van der Waals surface area contributed by atoms with Crippen molar-refractivity contribution in [1.29, 1.82) is 0 Å². The summed E-state index contributed by atoms with van der Waals surface area (Å²) < 4.78 is 2.07. The predicted octanol–water partition coefficient (Wildman–Crippen LogP) is 6.40. The standard InChI is InChI=1S/C27H28N4OS2/c1-20(2)30(22-12-6-4-7-13-22)26(32)19-34-27-29-28-25(18-33-24-15-8-5-9-16-24)31(27)23-14-10-11-21(3)17-23/h4-17,20H,18-19H2,1-3H3. The Bertz CT molecular complexity index is 1230. The van der Waals surface area contributed by atoms with Crippen LogP contribution in [0.3, 0.4) is 0 Å². The molecule has 4 aromatic rings. The summed E-state index contributed by atoms with van der Waals surface area (Å²) in [5.41, 5.74) is 3.07. The van der Waals surface area contributed by atoms with Crippen LogP contribution in [0.4, 0.5) is 5.69 Å². The molecule has 0 N–H and O–H groups in total. The number of thioether (sulfide) groups is 2. The number of amides is 1. The molecule has 1 amide bonds. The molecule has 0 bridgehead atoms. The van der Waals surface area contributed by atoms with Gasteiger partial charge in [-0.1, -0.05) is 60.3 Å². The van der Waals surface area contributed by atoms with Gasteiger partial charge in [-0.25, -0.2) is 0 Å². The SMILES string of the molecule is Cc1cccc(-n2c(CSc3ccccc3)nnc2SCC(=O)N(c2ccccc2)C(C)C)c1. The van der Waals surface area contributed by atoms with E-state index in [2.05, 4.69) is 52.0 Å². The summed E-state index contributed by atoms with van der Waals surface area (Å²) in [4.78, 5) is 16.2. The van der Waals surface area contributed by atoms with Crippen molar-refractivity contribution in [1.82, 2.24) is 14.8 Å². The minimum Gasteiger partial charge on any atom is -0.309 e. The van der Waals surface area contributed by atoms with Gasteiger partial charge in [0.05, 0.1) is 11.5 Å². The van der Waals surface area contributed by atoms with Crippen molar-refractivity contribution < 1.29 is 4.79 Å². The molecule has 3 aromatic carbocycles. The highest BCUT2D eigenvalue weighted by molar-refractivity contribution is 7.99. The third kappa shape index (κ3) is 5.90. The van der Waals surface area contributed by atoms with E-state index in [1.165, 1.54) is 16.7 Å². The first-order valence-corrected chi connectivity index (χ1v) is 13.2. The second kappa shape index (κ2) is 11.4. The molecule has 7 heteroatoms. The van der Waals surface area contributed by atoms with E-state index in [-0.39, 0.29) is 17.7 Å². The van der Waals surface area contributed by atoms with Gasteiger partial charge < -0.3 is 4.90 Å². The minimum atomic E-state index is 0.0465. The topological polar surface area (TPSA) is 51.0 Å². The van der Waals surface area contributed by atoms with E-state index in [9.17, 15) is 4.79 Å². The van der Waals surface area contributed by atoms with Crippen LogP contribution in [0.5, 0.6) is 0 Å². The van der Waals surface area contributed by atoms with Crippen LogP contribution in [0.25, 0.3) is 5.69 Å². The van der Waals surface area contributed by atoms with Crippen LogP contribution in [0.15, 0.2) is 95.0 Å². The average Bonchev–Trinajstić information content (AvgIpc) is 3.25. The number of carbonyl (C=O) groups excluding carboxylic acids is 1. The van der Waals surface area contributed by atoms with Gasteiger partial charge in [0, 0.05) is 22.3 Å². The maximum atomic E-state index is 13.2. The quantitative estimate of drug-likeness (QED) is 0.255.